The molecule has 0 bridgehead atoms. The van der Waals surface area contributed by atoms with Crippen LogP contribution in [0.3, 0.4) is 0 Å². The topological polar surface area (TPSA) is 62.4 Å². The van der Waals surface area contributed by atoms with Gasteiger partial charge >= 0.3 is 12.1 Å². The normalized spacial score (nSPS) is 15.4. The van der Waals surface area contributed by atoms with Gasteiger partial charge in [-0.25, -0.2) is 0 Å². The first kappa shape index (κ1) is 20.2. The zero-order chi connectivity index (χ0) is 20.3. The Labute approximate surface area is 160 Å². The first-order valence-corrected chi connectivity index (χ1v) is 9.31. The highest BCUT2D eigenvalue weighted by Gasteiger charge is 2.40. The number of H-pyrrole nitrogens is 1. The van der Waals surface area contributed by atoms with Crippen molar-refractivity contribution in [3.63, 3.8) is 0 Å². The van der Waals surface area contributed by atoms with E-state index in [1.807, 2.05) is 30.5 Å². The van der Waals surface area contributed by atoms with Gasteiger partial charge in [0.25, 0.3) is 5.91 Å². The summed E-state index contributed by atoms with van der Waals surface area (Å²) in [6.45, 7) is -0.379. The van der Waals surface area contributed by atoms with Gasteiger partial charge in [0, 0.05) is 29.6 Å². The molecule has 1 amide bonds. The molecule has 1 fully saturated rings. The Morgan fingerprint density at radius 2 is 2.00 bits per heavy atom. The molecule has 1 saturated carbocycles. The van der Waals surface area contributed by atoms with E-state index in [9.17, 15) is 22.8 Å². The predicted octanol–water partition coefficient (Wildman–Crippen LogP) is 3.83. The van der Waals surface area contributed by atoms with Crippen LogP contribution in [0.2, 0.25) is 0 Å². The minimum Gasteiger partial charge on any atom is -0.456 e. The fourth-order valence-electron chi connectivity index (χ4n) is 3.36. The maximum atomic E-state index is 12.8. The SMILES string of the molecule is C[C@@H](C1CC1)N(CC(F)(F)F)C(=O)COC(=O)CCc1c[nH]c2ccccc12. The number of aryl methyl sites for hydroxylation is 1. The number of rotatable bonds is 8. The molecule has 1 atom stereocenters. The second-order valence-corrected chi connectivity index (χ2v) is 7.24. The molecule has 1 heterocycles. The summed E-state index contributed by atoms with van der Waals surface area (Å²) in [5, 5.41) is 1.00. The molecule has 28 heavy (non-hydrogen) atoms. The quantitative estimate of drug-likeness (QED) is 0.690. The highest BCUT2D eigenvalue weighted by molar-refractivity contribution is 5.84. The molecule has 0 radical (unpaired) electrons. The number of amides is 1. The molecule has 152 valence electrons. The number of ether oxygens (including phenoxy) is 1. The lowest BCUT2D eigenvalue weighted by Crippen LogP contribution is -2.47. The van der Waals surface area contributed by atoms with Crippen molar-refractivity contribution in [1.29, 1.82) is 0 Å². The van der Waals surface area contributed by atoms with Crippen molar-refractivity contribution in [3.8, 4) is 0 Å². The second-order valence-electron chi connectivity index (χ2n) is 7.24. The molecule has 1 aliphatic carbocycles. The summed E-state index contributed by atoms with van der Waals surface area (Å²) < 4.78 is 43.4. The average Bonchev–Trinajstić information content (AvgIpc) is 3.42. The van der Waals surface area contributed by atoms with Crippen LogP contribution in [0, 0.1) is 5.92 Å². The largest absolute Gasteiger partial charge is 0.456 e. The Morgan fingerprint density at radius 1 is 1.29 bits per heavy atom. The van der Waals surface area contributed by atoms with Crippen LogP contribution in [0.15, 0.2) is 30.5 Å². The average molecular weight is 396 g/mol. The number of halogens is 3. The Kier molecular flexibility index (Phi) is 5.96. The molecular weight excluding hydrogens is 373 g/mol. The van der Waals surface area contributed by atoms with Crippen LogP contribution in [-0.2, 0) is 20.7 Å². The fraction of sp³-hybridized carbons (Fsp3) is 0.500. The van der Waals surface area contributed by atoms with Crippen LogP contribution in [-0.4, -0.2) is 47.1 Å². The number of aromatic nitrogens is 1. The maximum Gasteiger partial charge on any atom is 0.406 e. The molecule has 0 spiro atoms. The van der Waals surface area contributed by atoms with Crippen molar-refractivity contribution in [2.24, 2.45) is 5.92 Å². The van der Waals surface area contributed by atoms with E-state index >= 15 is 0 Å². The Morgan fingerprint density at radius 3 is 2.68 bits per heavy atom. The molecule has 0 saturated heterocycles. The van der Waals surface area contributed by atoms with E-state index in [1.54, 1.807) is 6.92 Å². The number of fused-ring (bicyclic) bond motifs is 1. The summed E-state index contributed by atoms with van der Waals surface area (Å²) in [5.74, 6) is -1.33. The van der Waals surface area contributed by atoms with Crippen molar-refractivity contribution >= 4 is 22.8 Å². The standard InChI is InChI=1S/C20H23F3N2O3/c1-13(14-6-7-14)25(12-20(21,22)23)18(26)11-28-19(27)9-8-15-10-24-17-5-3-2-4-16(15)17/h2-5,10,13-14,24H,6-9,11-12H2,1H3/t13-/m0/s1. The lowest BCUT2D eigenvalue weighted by Gasteiger charge is -2.30. The van der Waals surface area contributed by atoms with Crippen molar-refractivity contribution in [2.45, 2.75) is 44.8 Å². The smallest absolute Gasteiger partial charge is 0.406 e. The number of alkyl halides is 3. The first-order chi connectivity index (χ1) is 13.2. The summed E-state index contributed by atoms with van der Waals surface area (Å²) in [5.41, 5.74) is 1.90. The van der Waals surface area contributed by atoms with Gasteiger partial charge in [0.15, 0.2) is 6.61 Å². The molecule has 1 aromatic carbocycles. The van der Waals surface area contributed by atoms with E-state index in [1.165, 1.54) is 0 Å². The summed E-state index contributed by atoms with van der Waals surface area (Å²) in [6.07, 6.45) is -0.585. The number of hydrogen-bond acceptors (Lipinski definition) is 3. The number of nitrogens with one attached hydrogen (secondary N) is 1. The van der Waals surface area contributed by atoms with Crippen LogP contribution in [0.1, 0.15) is 31.7 Å². The van der Waals surface area contributed by atoms with Gasteiger partial charge in [-0.2, -0.15) is 13.2 Å². The molecule has 5 nitrogen and oxygen atoms in total. The number of esters is 1. The first-order valence-electron chi connectivity index (χ1n) is 9.31. The van der Waals surface area contributed by atoms with E-state index in [-0.39, 0.29) is 12.3 Å². The number of nitrogens with zero attached hydrogens (tertiary/aromatic N) is 1. The fourth-order valence-corrected chi connectivity index (χ4v) is 3.36. The molecule has 0 aliphatic heterocycles. The zero-order valence-electron chi connectivity index (χ0n) is 15.6. The van der Waals surface area contributed by atoms with Gasteiger partial charge in [-0.1, -0.05) is 18.2 Å². The number of aromatic amines is 1. The molecule has 1 aliphatic rings. The molecule has 0 unspecified atom stereocenters. The van der Waals surface area contributed by atoms with Gasteiger partial charge in [-0.3, -0.25) is 9.59 Å². The minimum atomic E-state index is -4.49. The minimum absolute atomic E-state index is 0.0482. The third-order valence-corrected chi connectivity index (χ3v) is 5.10. The lowest BCUT2D eigenvalue weighted by atomic mass is 10.1. The monoisotopic (exact) mass is 396 g/mol. The number of carbonyl (C=O) groups excluding carboxylic acids is 2. The molecule has 2 aromatic rings. The van der Waals surface area contributed by atoms with Crippen molar-refractivity contribution in [1.82, 2.24) is 9.88 Å². The Bertz CT molecular complexity index is 843. The Balaban J connectivity index is 1.51. The number of para-hydroxylation sites is 1. The van der Waals surface area contributed by atoms with Gasteiger partial charge in [-0.05, 0) is 43.7 Å². The van der Waals surface area contributed by atoms with Gasteiger partial charge in [-0.15, -0.1) is 0 Å². The van der Waals surface area contributed by atoms with E-state index in [2.05, 4.69) is 4.98 Å². The Hall–Kier alpha value is -2.51. The van der Waals surface area contributed by atoms with E-state index < -0.39 is 37.2 Å². The highest BCUT2D eigenvalue weighted by atomic mass is 19.4. The van der Waals surface area contributed by atoms with Crippen molar-refractivity contribution in [3.05, 3.63) is 36.0 Å². The van der Waals surface area contributed by atoms with Crippen LogP contribution in [0.5, 0.6) is 0 Å². The maximum absolute atomic E-state index is 12.8. The summed E-state index contributed by atoms with van der Waals surface area (Å²) >= 11 is 0. The summed E-state index contributed by atoms with van der Waals surface area (Å²) in [6, 6.07) is 7.14. The van der Waals surface area contributed by atoms with Gasteiger partial charge in [0.05, 0.1) is 0 Å². The summed E-state index contributed by atoms with van der Waals surface area (Å²) in [7, 11) is 0. The summed E-state index contributed by atoms with van der Waals surface area (Å²) in [4.78, 5) is 28.1. The van der Waals surface area contributed by atoms with Crippen molar-refractivity contribution in [2.75, 3.05) is 13.2 Å². The third kappa shape index (κ3) is 5.27. The molecule has 1 aromatic heterocycles. The number of hydrogen-bond donors (Lipinski definition) is 1. The third-order valence-electron chi connectivity index (χ3n) is 5.10. The van der Waals surface area contributed by atoms with Crippen molar-refractivity contribution < 1.29 is 27.5 Å². The molecular formula is C20H23F3N2O3. The molecule has 1 N–H and O–H groups in total. The number of benzene rings is 1. The van der Waals surface area contributed by atoms with E-state index in [0.29, 0.717) is 6.42 Å². The molecule has 3 rings (SSSR count). The van der Waals surface area contributed by atoms with Crippen LogP contribution in [0.25, 0.3) is 10.9 Å². The van der Waals surface area contributed by atoms with Crippen LogP contribution >= 0.6 is 0 Å². The van der Waals surface area contributed by atoms with Gasteiger partial charge < -0.3 is 14.6 Å². The lowest BCUT2D eigenvalue weighted by molar-refractivity contribution is -0.170. The molecule has 8 heteroatoms. The van der Waals surface area contributed by atoms with Gasteiger partial charge in [0.1, 0.15) is 6.54 Å². The van der Waals surface area contributed by atoms with Crippen LogP contribution < -0.4 is 0 Å². The van der Waals surface area contributed by atoms with E-state index in [4.69, 9.17) is 4.74 Å². The van der Waals surface area contributed by atoms with E-state index in [0.717, 1.165) is 34.2 Å². The number of carbonyl (C=O) groups is 2. The zero-order valence-corrected chi connectivity index (χ0v) is 15.6. The second kappa shape index (κ2) is 8.24. The highest BCUT2D eigenvalue weighted by Crippen LogP contribution is 2.36. The van der Waals surface area contributed by atoms with Crippen LogP contribution in [0.4, 0.5) is 13.2 Å². The van der Waals surface area contributed by atoms with Gasteiger partial charge in [0.2, 0.25) is 0 Å². The predicted molar refractivity (Wildman–Crippen MR) is 97.5 cm³/mol.